The van der Waals surface area contributed by atoms with E-state index in [0.717, 1.165) is 54.6 Å². The molecule has 30 heavy (non-hydrogen) atoms. The fourth-order valence-electron chi connectivity index (χ4n) is 3.96. The van der Waals surface area contributed by atoms with E-state index < -0.39 is 0 Å². The van der Waals surface area contributed by atoms with E-state index in [1.165, 1.54) is 16.9 Å². The second-order valence-corrected chi connectivity index (χ2v) is 10.4. The molecule has 0 atom stereocenters. The van der Waals surface area contributed by atoms with Gasteiger partial charge in [-0.25, -0.2) is 4.98 Å². The summed E-state index contributed by atoms with van der Waals surface area (Å²) in [4.78, 5) is 17.5. The first-order chi connectivity index (χ1) is 14.3. The number of halogens is 2. The minimum absolute atomic E-state index is 0.0513. The first kappa shape index (κ1) is 21.6. The van der Waals surface area contributed by atoms with Gasteiger partial charge in [0.1, 0.15) is 6.54 Å². The summed E-state index contributed by atoms with van der Waals surface area (Å²) in [5, 5.41) is 11.3. The Morgan fingerprint density at radius 3 is 2.73 bits per heavy atom. The smallest absolute Gasteiger partial charge is 0.246 e. The molecule has 1 amide bonds. The largest absolute Gasteiger partial charge is 0.334 e. The van der Waals surface area contributed by atoms with Crippen LogP contribution in [0.1, 0.15) is 44.1 Å². The van der Waals surface area contributed by atoms with Crippen molar-refractivity contribution >= 4 is 56.5 Å². The normalized spacial score (nSPS) is 15.0. The molecule has 0 bridgehead atoms. The van der Waals surface area contributed by atoms with Crippen molar-refractivity contribution in [2.24, 2.45) is 0 Å². The minimum atomic E-state index is -0.110. The molecule has 4 rings (SSSR count). The van der Waals surface area contributed by atoms with Crippen LogP contribution in [-0.2, 0) is 29.6 Å². The molecule has 1 aliphatic heterocycles. The molecule has 1 aromatic carbocycles. The number of hydrogen-bond donors (Lipinski definition) is 2. The van der Waals surface area contributed by atoms with E-state index in [2.05, 4.69) is 41.0 Å². The van der Waals surface area contributed by atoms with Crippen molar-refractivity contribution in [2.45, 2.75) is 52.0 Å². The van der Waals surface area contributed by atoms with Gasteiger partial charge in [-0.1, -0.05) is 44.0 Å². The molecule has 0 fully saturated rings. The van der Waals surface area contributed by atoms with Gasteiger partial charge in [0.05, 0.1) is 21.3 Å². The highest BCUT2D eigenvalue weighted by Crippen LogP contribution is 2.38. The highest BCUT2D eigenvalue weighted by Gasteiger charge is 2.24. The maximum atomic E-state index is 13.0. The third-order valence-corrected chi connectivity index (χ3v) is 6.84. The Labute approximate surface area is 190 Å². The van der Waals surface area contributed by atoms with Gasteiger partial charge in [0.25, 0.3) is 0 Å². The van der Waals surface area contributed by atoms with Gasteiger partial charge in [0.2, 0.25) is 5.91 Å². The first-order valence-corrected chi connectivity index (χ1v) is 11.8. The predicted molar refractivity (Wildman–Crippen MR) is 126 cm³/mol. The standard InChI is InChI=1S/C22H26Cl2N4OS/c1-22(2,3)17-12-30-21(26-17)27-18(29)11-28-16-5-4-9-25-10-8-13(16)19-14(23)6-7-15(24)20(19)28/h6-7,12,25H,4-5,8-11H2,1-3H3,(H,26,27,29). The van der Waals surface area contributed by atoms with Crippen LogP contribution in [0, 0.1) is 0 Å². The molecule has 3 aromatic rings. The number of benzene rings is 1. The summed E-state index contributed by atoms with van der Waals surface area (Å²) in [7, 11) is 0. The van der Waals surface area contributed by atoms with Crippen LogP contribution >= 0.6 is 34.5 Å². The molecule has 2 aromatic heterocycles. The molecular formula is C22H26Cl2N4OS. The molecule has 0 saturated heterocycles. The number of thiazole rings is 1. The molecule has 0 aliphatic carbocycles. The number of nitrogens with zero attached hydrogens (tertiary/aromatic N) is 2. The lowest BCUT2D eigenvalue weighted by molar-refractivity contribution is -0.116. The number of anilines is 1. The average molecular weight is 465 g/mol. The van der Waals surface area contributed by atoms with Crippen LogP contribution in [0.3, 0.4) is 0 Å². The third kappa shape index (κ3) is 4.24. The van der Waals surface area contributed by atoms with E-state index in [1.54, 1.807) is 0 Å². The van der Waals surface area contributed by atoms with Crippen LogP contribution < -0.4 is 10.6 Å². The van der Waals surface area contributed by atoms with E-state index >= 15 is 0 Å². The highest BCUT2D eigenvalue weighted by atomic mass is 35.5. The van der Waals surface area contributed by atoms with Crippen LogP contribution in [0.2, 0.25) is 10.0 Å². The summed E-state index contributed by atoms with van der Waals surface area (Å²) < 4.78 is 2.05. The van der Waals surface area contributed by atoms with Crippen LogP contribution in [-0.4, -0.2) is 28.5 Å². The molecule has 0 unspecified atom stereocenters. The van der Waals surface area contributed by atoms with Crippen molar-refractivity contribution in [3.8, 4) is 0 Å². The summed E-state index contributed by atoms with van der Waals surface area (Å²) >= 11 is 14.6. The fraction of sp³-hybridized carbons (Fsp3) is 0.455. The molecule has 1 aliphatic rings. The van der Waals surface area contributed by atoms with Crippen molar-refractivity contribution in [3.05, 3.63) is 44.5 Å². The van der Waals surface area contributed by atoms with Crippen LogP contribution in [0.25, 0.3) is 10.9 Å². The number of aromatic nitrogens is 2. The topological polar surface area (TPSA) is 59.0 Å². The Kier molecular flexibility index (Phi) is 6.13. The fourth-order valence-corrected chi connectivity index (χ4v) is 5.44. The van der Waals surface area contributed by atoms with Gasteiger partial charge in [-0.05, 0) is 50.0 Å². The third-order valence-electron chi connectivity index (χ3n) is 5.46. The second-order valence-electron chi connectivity index (χ2n) is 8.70. The SMILES string of the molecule is CC(C)(C)c1csc(NC(=O)Cn2c3c(c4c(Cl)ccc(Cl)c42)CCNCCC3)n1. The maximum Gasteiger partial charge on any atom is 0.246 e. The van der Waals surface area contributed by atoms with Crippen molar-refractivity contribution in [2.75, 3.05) is 18.4 Å². The zero-order chi connectivity index (χ0) is 21.5. The molecule has 5 nitrogen and oxygen atoms in total. The Morgan fingerprint density at radius 1 is 1.23 bits per heavy atom. The number of rotatable bonds is 3. The summed E-state index contributed by atoms with van der Waals surface area (Å²) in [6.07, 6.45) is 2.74. The molecule has 0 spiro atoms. The Bertz CT molecular complexity index is 1100. The Hall–Kier alpha value is -1.60. The highest BCUT2D eigenvalue weighted by molar-refractivity contribution is 7.13. The maximum absolute atomic E-state index is 13.0. The van der Waals surface area contributed by atoms with Gasteiger partial charge in [-0.15, -0.1) is 11.3 Å². The molecule has 0 radical (unpaired) electrons. The van der Waals surface area contributed by atoms with Crippen molar-refractivity contribution in [1.82, 2.24) is 14.9 Å². The number of carbonyl (C=O) groups excluding carboxylic acids is 1. The summed E-state index contributed by atoms with van der Waals surface area (Å²) in [6, 6.07) is 3.65. The van der Waals surface area contributed by atoms with Crippen molar-refractivity contribution in [1.29, 1.82) is 0 Å². The zero-order valence-electron chi connectivity index (χ0n) is 17.4. The van der Waals surface area contributed by atoms with Gasteiger partial charge >= 0.3 is 0 Å². The number of hydrogen-bond acceptors (Lipinski definition) is 4. The van der Waals surface area contributed by atoms with Crippen molar-refractivity contribution < 1.29 is 4.79 Å². The predicted octanol–water partition coefficient (Wildman–Crippen LogP) is 5.42. The second kappa shape index (κ2) is 8.50. The minimum Gasteiger partial charge on any atom is -0.334 e. The quantitative estimate of drug-likeness (QED) is 0.543. The van der Waals surface area contributed by atoms with Gasteiger partial charge in [0.15, 0.2) is 5.13 Å². The Balaban J connectivity index is 1.69. The summed E-state index contributed by atoms with van der Waals surface area (Å²) in [5.41, 5.74) is 4.12. The Morgan fingerprint density at radius 2 is 2.00 bits per heavy atom. The zero-order valence-corrected chi connectivity index (χ0v) is 19.8. The number of carbonyl (C=O) groups is 1. The molecule has 160 valence electrons. The van der Waals surface area contributed by atoms with Crippen LogP contribution in [0.5, 0.6) is 0 Å². The molecule has 2 N–H and O–H groups in total. The molecule has 3 heterocycles. The summed E-state index contributed by atoms with van der Waals surface area (Å²) in [5.74, 6) is -0.110. The van der Waals surface area contributed by atoms with Gasteiger partial charge < -0.3 is 15.2 Å². The lowest BCUT2D eigenvalue weighted by Crippen LogP contribution is -2.24. The van der Waals surface area contributed by atoms with E-state index in [0.29, 0.717) is 15.2 Å². The molecular weight excluding hydrogens is 439 g/mol. The summed E-state index contributed by atoms with van der Waals surface area (Å²) in [6.45, 7) is 8.36. The van der Waals surface area contributed by atoms with Crippen LogP contribution in [0.4, 0.5) is 5.13 Å². The van der Waals surface area contributed by atoms with E-state index in [1.807, 2.05) is 17.5 Å². The molecule has 0 saturated carbocycles. The number of amides is 1. The van der Waals surface area contributed by atoms with Gasteiger partial charge in [-0.3, -0.25) is 4.79 Å². The van der Waals surface area contributed by atoms with Gasteiger partial charge in [-0.2, -0.15) is 0 Å². The average Bonchev–Trinajstić information content (AvgIpc) is 3.22. The lowest BCUT2D eigenvalue weighted by Gasteiger charge is -2.15. The van der Waals surface area contributed by atoms with Gasteiger partial charge in [0, 0.05) is 21.9 Å². The first-order valence-electron chi connectivity index (χ1n) is 10.2. The van der Waals surface area contributed by atoms with E-state index in [9.17, 15) is 4.79 Å². The number of nitrogens with one attached hydrogen (secondary N) is 2. The lowest BCUT2D eigenvalue weighted by atomic mass is 9.93. The monoisotopic (exact) mass is 464 g/mol. The molecule has 8 heteroatoms. The van der Waals surface area contributed by atoms with E-state index in [-0.39, 0.29) is 17.9 Å². The number of fused-ring (bicyclic) bond motifs is 3. The van der Waals surface area contributed by atoms with E-state index in [4.69, 9.17) is 23.2 Å². The van der Waals surface area contributed by atoms with Crippen LogP contribution in [0.15, 0.2) is 17.5 Å². The van der Waals surface area contributed by atoms with Crippen molar-refractivity contribution in [3.63, 3.8) is 0 Å².